The number of hydrogen-bond acceptors (Lipinski definition) is 3. The monoisotopic (exact) mass is 535 g/mol. The molecule has 0 atom stereocenters. The summed E-state index contributed by atoms with van der Waals surface area (Å²) < 4.78 is 13.7. The van der Waals surface area contributed by atoms with E-state index in [1.165, 1.54) is 39.0 Å². The molecule has 0 N–H and O–H groups in total. The molecule has 2 aromatic carbocycles. The smallest absolute Gasteiger partial charge is 0.183 e. The van der Waals surface area contributed by atoms with Gasteiger partial charge in [0, 0.05) is 32.7 Å². The third-order valence-electron chi connectivity index (χ3n) is 7.19. The van der Waals surface area contributed by atoms with Crippen LogP contribution < -0.4 is 0 Å². The fourth-order valence-electron chi connectivity index (χ4n) is 5.01. The molecule has 0 saturated heterocycles. The summed E-state index contributed by atoms with van der Waals surface area (Å²) in [6.07, 6.45) is 2.14. The molecule has 3 nitrogen and oxygen atoms in total. The Morgan fingerprint density at radius 2 is 1.36 bits per heavy atom. The van der Waals surface area contributed by atoms with Gasteiger partial charge in [-0.25, -0.2) is 4.39 Å². The summed E-state index contributed by atoms with van der Waals surface area (Å²) in [5.74, 6) is 0.833. The van der Waals surface area contributed by atoms with Crippen molar-refractivity contribution in [2.24, 2.45) is 0 Å². The Morgan fingerprint density at radius 1 is 0.897 bits per heavy atom. The summed E-state index contributed by atoms with van der Waals surface area (Å²) in [6, 6.07) is 8.38. The highest BCUT2D eigenvalue weighted by atomic mass is 19.1. The van der Waals surface area contributed by atoms with E-state index >= 15 is 0 Å². The van der Waals surface area contributed by atoms with Crippen LogP contribution in [-0.4, -0.2) is 49.8 Å². The van der Waals surface area contributed by atoms with Crippen LogP contribution in [0.4, 0.5) is 4.39 Å². The van der Waals surface area contributed by atoms with Crippen molar-refractivity contribution < 1.29 is 4.39 Å². The molecule has 0 spiro atoms. The van der Waals surface area contributed by atoms with Gasteiger partial charge in [-0.1, -0.05) is 78.3 Å². The first-order valence-electron chi connectivity index (χ1n) is 14.8. The maximum Gasteiger partial charge on any atom is 0.183 e. The molecule has 0 amide bonds. The van der Waals surface area contributed by atoms with E-state index in [0.29, 0.717) is 5.92 Å². The van der Waals surface area contributed by atoms with Crippen molar-refractivity contribution in [3.8, 4) is 0 Å². The van der Waals surface area contributed by atoms with E-state index in [1.54, 1.807) is 6.07 Å². The second-order valence-electron chi connectivity index (χ2n) is 11.5. The van der Waals surface area contributed by atoms with E-state index in [1.807, 2.05) is 38.6 Å². The van der Waals surface area contributed by atoms with Crippen molar-refractivity contribution in [2.45, 2.75) is 107 Å². The minimum atomic E-state index is -0.0401. The van der Waals surface area contributed by atoms with Crippen LogP contribution >= 0.6 is 0 Å². The van der Waals surface area contributed by atoms with E-state index in [2.05, 4.69) is 83.6 Å². The molecule has 0 aromatic heterocycles. The van der Waals surface area contributed by atoms with Crippen molar-refractivity contribution in [1.29, 1.82) is 0 Å². The number of rotatable bonds is 5. The lowest BCUT2D eigenvalue weighted by Gasteiger charge is -2.11. The van der Waals surface area contributed by atoms with Gasteiger partial charge in [0.05, 0.1) is 0 Å². The van der Waals surface area contributed by atoms with E-state index in [4.69, 9.17) is 7.98 Å². The van der Waals surface area contributed by atoms with E-state index in [0.717, 1.165) is 44.8 Å². The van der Waals surface area contributed by atoms with Crippen molar-refractivity contribution in [3.05, 3.63) is 80.7 Å². The highest BCUT2D eigenvalue weighted by Gasteiger charge is 2.20. The Hall–Kier alpha value is -1.95. The average Bonchev–Trinajstić information content (AvgIpc) is 3.45. The highest BCUT2D eigenvalue weighted by Crippen LogP contribution is 2.29. The lowest BCUT2D eigenvalue weighted by molar-refractivity contribution is 0.301. The normalized spacial score (nSPS) is 14.8. The summed E-state index contributed by atoms with van der Waals surface area (Å²) in [5.41, 5.74) is 10.4. The van der Waals surface area contributed by atoms with Crippen molar-refractivity contribution in [1.82, 2.24) is 14.6 Å². The molecule has 0 saturated carbocycles. The van der Waals surface area contributed by atoms with Crippen molar-refractivity contribution >= 4 is 7.98 Å². The van der Waals surface area contributed by atoms with Gasteiger partial charge in [0.1, 0.15) is 5.82 Å². The van der Waals surface area contributed by atoms with Crippen LogP contribution in [0, 0.1) is 12.7 Å². The van der Waals surface area contributed by atoms with Gasteiger partial charge in [0.25, 0.3) is 0 Å². The van der Waals surface area contributed by atoms with Gasteiger partial charge in [0.2, 0.25) is 0 Å². The number of aryl methyl sites for hydroxylation is 1. The molecule has 4 rings (SSSR count). The third kappa shape index (κ3) is 10.9. The molecule has 2 aromatic rings. The van der Waals surface area contributed by atoms with Gasteiger partial charge in [-0.2, -0.15) is 0 Å². The van der Waals surface area contributed by atoms with Gasteiger partial charge in [-0.15, -0.1) is 0 Å². The van der Waals surface area contributed by atoms with Crippen LogP contribution in [0.2, 0.25) is 0 Å². The standard InChI is InChI=1S/C13H18FN.C12H16BN.C7H15N.C2H6/c1-4-15-7-10-5-12(9(2)3)13(14)6-11(10)8-15;1-8(2)12-5-11-7-14(13)6-10(11)4-9(12)3;1-5-7(2)6-8(3)4;1-2/h5-6,9H,4,7-8H2,1-3H3;4-5,8H,6-7H2,1-3H3;5H,6H2,1-4H3;1-2H3/b;;7-5+;. The predicted octanol–water partition coefficient (Wildman–Crippen LogP) is 8.34. The summed E-state index contributed by atoms with van der Waals surface area (Å²) >= 11 is 0. The van der Waals surface area contributed by atoms with Crippen LogP contribution in [-0.2, 0) is 26.2 Å². The number of fused-ring (bicyclic) bond motifs is 2. The van der Waals surface area contributed by atoms with Crippen LogP contribution in [0.25, 0.3) is 0 Å². The zero-order valence-corrected chi connectivity index (χ0v) is 27.1. The van der Waals surface area contributed by atoms with Crippen LogP contribution in [0.15, 0.2) is 35.9 Å². The summed E-state index contributed by atoms with van der Waals surface area (Å²) in [7, 11) is 9.95. The topological polar surface area (TPSA) is 9.72 Å². The number of halogens is 1. The summed E-state index contributed by atoms with van der Waals surface area (Å²) in [4.78, 5) is 6.36. The third-order valence-corrected chi connectivity index (χ3v) is 7.19. The van der Waals surface area contributed by atoms with Gasteiger partial charge >= 0.3 is 0 Å². The van der Waals surface area contributed by atoms with E-state index in [9.17, 15) is 4.39 Å². The van der Waals surface area contributed by atoms with E-state index in [-0.39, 0.29) is 11.7 Å². The fourth-order valence-corrected chi connectivity index (χ4v) is 5.01. The lowest BCUT2D eigenvalue weighted by atomic mass is 9.94. The van der Waals surface area contributed by atoms with Gasteiger partial charge < -0.3 is 9.71 Å². The summed E-state index contributed by atoms with van der Waals surface area (Å²) in [5, 5.41) is 0. The molecule has 0 fully saturated rings. The Labute approximate surface area is 241 Å². The Balaban J connectivity index is 0.000000296. The van der Waals surface area contributed by atoms with Gasteiger partial charge in [0.15, 0.2) is 7.98 Å². The summed E-state index contributed by atoms with van der Waals surface area (Å²) in [6.45, 7) is 26.9. The zero-order chi connectivity index (χ0) is 29.9. The first-order valence-corrected chi connectivity index (χ1v) is 14.8. The molecule has 0 bridgehead atoms. The maximum atomic E-state index is 13.7. The minimum absolute atomic E-state index is 0.0401. The Kier molecular flexibility index (Phi) is 15.3. The van der Waals surface area contributed by atoms with Crippen molar-refractivity contribution in [3.63, 3.8) is 0 Å². The average molecular weight is 536 g/mol. The molecular weight excluding hydrogens is 480 g/mol. The molecule has 216 valence electrons. The van der Waals surface area contributed by atoms with E-state index < -0.39 is 0 Å². The number of allylic oxidation sites excluding steroid dienone is 1. The quantitative estimate of drug-likeness (QED) is 0.281. The number of likely N-dealkylation sites (N-methyl/N-ethyl adjacent to an activating group) is 1. The zero-order valence-electron chi connectivity index (χ0n) is 27.1. The highest BCUT2D eigenvalue weighted by molar-refractivity contribution is 6.04. The first-order chi connectivity index (χ1) is 18.4. The molecule has 2 radical (unpaired) electrons. The lowest BCUT2D eigenvalue weighted by Crippen LogP contribution is -2.14. The SMILES string of the molecule is C/C=C(\C)CN(C)C.CC.CCN1Cc2cc(F)c(C(C)C)cc2C1.[B]N1Cc2cc(C)c(C(C)C)cc2C1. The van der Waals surface area contributed by atoms with Crippen LogP contribution in [0.3, 0.4) is 0 Å². The molecule has 39 heavy (non-hydrogen) atoms. The number of hydrogen-bond donors (Lipinski definition) is 0. The Bertz CT molecular complexity index is 1060. The fraction of sp³-hybridized carbons (Fsp3) is 0.588. The second-order valence-corrected chi connectivity index (χ2v) is 11.5. The second kappa shape index (κ2) is 17.0. The van der Waals surface area contributed by atoms with Gasteiger partial charge in [-0.3, -0.25) is 4.90 Å². The number of benzene rings is 2. The maximum absolute atomic E-state index is 13.7. The number of nitrogens with zero attached hydrogens (tertiary/aromatic N) is 3. The molecule has 5 heteroatoms. The van der Waals surface area contributed by atoms with Crippen molar-refractivity contribution in [2.75, 3.05) is 27.2 Å². The largest absolute Gasteiger partial charge is 0.346 e. The molecule has 2 heterocycles. The molecular formula is C34H55BFN3. The first kappa shape index (κ1) is 35.1. The molecule has 2 aliphatic heterocycles. The molecule has 0 unspecified atom stereocenters. The molecule has 2 aliphatic rings. The Morgan fingerprint density at radius 3 is 1.79 bits per heavy atom. The van der Waals surface area contributed by atoms with Crippen LogP contribution in [0.5, 0.6) is 0 Å². The van der Waals surface area contributed by atoms with Crippen LogP contribution in [0.1, 0.15) is 113 Å². The van der Waals surface area contributed by atoms with Gasteiger partial charge in [-0.05, 0) is 98.3 Å². The molecule has 0 aliphatic carbocycles. The minimum Gasteiger partial charge on any atom is -0.346 e. The predicted molar refractivity (Wildman–Crippen MR) is 170 cm³/mol.